The number of rotatable bonds is 30. The van der Waals surface area contributed by atoms with E-state index >= 15 is 0 Å². The van der Waals surface area contributed by atoms with Crippen LogP contribution in [0.1, 0.15) is 181 Å². The fourth-order valence-electron chi connectivity index (χ4n) is 5.06. The average molecular weight is 537 g/mol. The second-order valence-electron chi connectivity index (χ2n) is 11.4. The summed E-state index contributed by atoms with van der Waals surface area (Å²) in [7, 11) is 0. The molecule has 1 N–H and O–H groups in total. The third-order valence-electron chi connectivity index (χ3n) is 7.52. The van der Waals surface area contributed by atoms with Crippen LogP contribution in [0, 0.1) is 5.92 Å². The monoisotopic (exact) mass is 536 g/mol. The Bertz CT molecular complexity index is 543. The standard InChI is InChI=1S/C34H64O4/c1-3-5-6-7-8-9-10-11-12-13-14-15-16-17-18-19-20-21-22-23-24-25-26-27-28-29-32(31-33(35)36)34(37)38-30-4-2/h12-13,32H,3-11,14-31H2,1-2H3,(H,35,36)/b13-12+. The summed E-state index contributed by atoms with van der Waals surface area (Å²) in [6.07, 6.45) is 36.6. The normalized spacial score (nSPS) is 12.3. The van der Waals surface area contributed by atoms with Crippen LogP contribution in [0.4, 0.5) is 0 Å². The van der Waals surface area contributed by atoms with E-state index < -0.39 is 11.9 Å². The topological polar surface area (TPSA) is 63.6 Å². The minimum absolute atomic E-state index is 0.112. The van der Waals surface area contributed by atoms with Gasteiger partial charge in [-0.15, -0.1) is 0 Å². The fraction of sp³-hybridized carbons (Fsp3) is 0.882. The molecule has 1 atom stereocenters. The maximum Gasteiger partial charge on any atom is 0.309 e. The van der Waals surface area contributed by atoms with Crippen molar-refractivity contribution in [1.29, 1.82) is 0 Å². The number of allylic oxidation sites excluding steroid dienone is 2. The van der Waals surface area contributed by atoms with Gasteiger partial charge in [0.05, 0.1) is 18.9 Å². The first kappa shape index (κ1) is 36.7. The number of ether oxygens (including phenoxy) is 1. The highest BCUT2D eigenvalue weighted by Gasteiger charge is 2.22. The number of carboxylic acids is 1. The number of aliphatic carboxylic acids is 1. The average Bonchev–Trinajstić information content (AvgIpc) is 2.90. The van der Waals surface area contributed by atoms with Crippen LogP contribution in [0.3, 0.4) is 0 Å². The van der Waals surface area contributed by atoms with Crippen molar-refractivity contribution in [3.8, 4) is 0 Å². The lowest BCUT2D eigenvalue weighted by Gasteiger charge is -2.13. The summed E-state index contributed by atoms with van der Waals surface area (Å²) in [6, 6.07) is 0. The van der Waals surface area contributed by atoms with Gasteiger partial charge in [0.25, 0.3) is 0 Å². The van der Waals surface area contributed by atoms with Crippen LogP contribution in [0.5, 0.6) is 0 Å². The highest BCUT2D eigenvalue weighted by atomic mass is 16.5. The Hall–Kier alpha value is -1.32. The Kier molecular flexibility index (Phi) is 29.2. The summed E-state index contributed by atoms with van der Waals surface area (Å²) < 4.78 is 5.16. The second-order valence-corrected chi connectivity index (χ2v) is 11.4. The van der Waals surface area contributed by atoms with Gasteiger partial charge in [0.1, 0.15) is 0 Å². The van der Waals surface area contributed by atoms with Crippen molar-refractivity contribution in [3.63, 3.8) is 0 Å². The van der Waals surface area contributed by atoms with Gasteiger partial charge in [0.15, 0.2) is 0 Å². The van der Waals surface area contributed by atoms with Crippen molar-refractivity contribution in [1.82, 2.24) is 0 Å². The number of carbonyl (C=O) groups excluding carboxylic acids is 1. The molecule has 0 radical (unpaired) electrons. The molecule has 0 amide bonds. The maximum absolute atomic E-state index is 12.0. The molecule has 1 unspecified atom stereocenters. The lowest BCUT2D eigenvalue weighted by atomic mass is 9.97. The summed E-state index contributed by atoms with van der Waals surface area (Å²) in [5.74, 6) is -1.74. The first-order chi connectivity index (χ1) is 18.6. The molecule has 0 aliphatic carbocycles. The van der Waals surface area contributed by atoms with Crippen LogP contribution in [0.25, 0.3) is 0 Å². The highest BCUT2D eigenvalue weighted by Crippen LogP contribution is 2.18. The third-order valence-corrected chi connectivity index (χ3v) is 7.52. The van der Waals surface area contributed by atoms with Gasteiger partial charge >= 0.3 is 11.9 Å². The van der Waals surface area contributed by atoms with Crippen molar-refractivity contribution >= 4 is 11.9 Å². The summed E-state index contributed by atoms with van der Waals surface area (Å²) in [6.45, 7) is 4.61. The Balaban J connectivity index is 3.36. The first-order valence-corrected chi connectivity index (χ1v) is 16.6. The molecule has 0 fully saturated rings. The van der Waals surface area contributed by atoms with Crippen LogP contribution < -0.4 is 0 Å². The molecule has 0 aliphatic heterocycles. The van der Waals surface area contributed by atoms with Gasteiger partial charge in [0.2, 0.25) is 0 Å². The molecule has 0 heterocycles. The Labute approximate surface area is 236 Å². The van der Waals surface area contributed by atoms with E-state index in [0.29, 0.717) is 13.0 Å². The van der Waals surface area contributed by atoms with E-state index in [9.17, 15) is 9.59 Å². The molecule has 0 aromatic rings. The van der Waals surface area contributed by atoms with Crippen LogP contribution in [-0.2, 0) is 14.3 Å². The smallest absolute Gasteiger partial charge is 0.309 e. The molecular formula is C34H64O4. The van der Waals surface area contributed by atoms with Crippen molar-refractivity contribution in [2.24, 2.45) is 5.92 Å². The Morgan fingerprint density at radius 1 is 0.579 bits per heavy atom. The van der Waals surface area contributed by atoms with E-state index in [1.165, 1.54) is 135 Å². The first-order valence-electron chi connectivity index (χ1n) is 16.6. The molecule has 4 heteroatoms. The molecule has 0 rings (SSSR count). The zero-order chi connectivity index (χ0) is 27.9. The van der Waals surface area contributed by atoms with Gasteiger partial charge in [-0.2, -0.15) is 0 Å². The molecule has 0 saturated carbocycles. The summed E-state index contributed by atoms with van der Waals surface area (Å²) in [5.41, 5.74) is 0. The van der Waals surface area contributed by atoms with Crippen molar-refractivity contribution in [3.05, 3.63) is 12.2 Å². The summed E-state index contributed by atoms with van der Waals surface area (Å²) >= 11 is 0. The Morgan fingerprint density at radius 3 is 1.37 bits per heavy atom. The SMILES string of the molecule is CCCCCCCCC/C=C/CCCCCCCCCCCCCCCCC(CC(=O)O)C(=O)OCCC. The number of hydrogen-bond acceptors (Lipinski definition) is 3. The molecule has 0 spiro atoms. The molecule has 0 saturated heterocycles. The number of unbranched alkanes of at least 4 members (excludes halogenated alkanes) is 21. The number of carboxylic acid groups (broad SMARTS) is 1. The van der Waals surface area contributed by atoms with Crippen LogP contribution in [-0.4, -0.2) is 23.7 Å². The zero-order valence-corrected chi connectivity index (χ0v) is 25.5. The minimum atomic E-state index is -0.916. The molecule has 0 aromatic heterocycles. The highest BCUT2D eigenvalue weighted by molar-refractivity contribution is 5.79. The predicted molar refractivity (Wildman–Crippen MR) is 163 cm³/mol. The molecule has 0 bridgehead atoms. The molecule has 4 nitrogen and oxygen atoms in total. The lowest BCUT2D eigenvalue weighted by Crippen LogP contribution is -2.21. The van der Waals surface area contributed by atoms with E-state index in [-0.39, 0.29) is 12.4 Å². The predicted octanol–water partition coefficient (Wildman–Crippen LogP) is 11.0. The fourth-order valence-corrected chi connectivity index (χ4v) is 5.06. The quantitative estimate of drug-likeness (QED) is 0.0563. The molecule has 224 valence electrons. The summed E-state index contributed by atoms with van der Waals surface area (Å²) in [4.78, 5) is 23.0. The minimum Gasteiger partial charge on any atom is -0.481 e. The van der Waals surface area contributed by atoms with Crippen LogP contribution in [0.2, 0.25) is 0 Å². The second kappa shape index (κ2) is 30.2. The molecule has 38 heavy (non-hydrogen) atoms. The van der Waals surface area contributed by atoms with E-state index in [0.717, 1.165) is 19.3 Å². The molecular weight excluding hydrogens is 472 g/mol. The number of hydrogen-bond donors (Lipinski definition) is 1. The summed E-state index contributed by atoms with van der Waals surface area (Å²) in [5, 5.41) is 9.04. The van der Waals surface area contributed by atoms with Gasteiger partial charge in [-0.05, 0) is 38.5 Å². The van der Waals surface area contributed by atoms with Crippen LogP contribution in [0.15, 0.2) is 12.2 Å². The largest absolute Gasteiger partial charge is 0.481 e. The lowest BCUT2D eigenvalue weighted by molar-refractivity contribution is -0.153. The van der Waals surface area contributed by atoms with Crippen molar-refractivity contribution in [2.45, 2.75) is 181 Å². The van der Waals surface area contributed by atoms with Gasteiger partial charge in [-0.1, -0.05) is 148 Å². The maximum atomic E-state index is 12.0. The van der Waals surface area contributed by atoms with Crippen LogP contribution >= 0.6 is 0 Å². The van der Waals surface area contributed by atoms with E-state index in [1.807, 2.05) is 6.92 Å². The molecule has 0 aliphatic rings. The van der Waals surface area contributed by atoms with Crippen molar-refractivity contribution in [2.75, 3.05) is 6.61 Å². The van der Waals surface area contributed by atoms with Crippen molar-refractivity contribution < 1.29 is 19.4 Å². The number of carbonyl (C=O) groups is 2. The van der Waals surface area contributed by atoms with Gasteiger partial charge in [-0.3, -0.25) is 9.59 Å². The van der Waals surface area contributed by atoms with E-state index in [1.54, 1.807) is 0 Å². The van der Waals surface area contributed by atoms with Gasteiger partial charge < -0.3 is 9.84 Å². The van der Waals surface area contributed by atoms with E-state index in [4.69, 9.17) is 9.84 Å². The van der Waals surface area contributed by atoms with E-state index in [2.05, 4.69) is 19.1 Å². The number of esters is 1. The zero-order valence-electron chi connectivity index (χ0n) is 25.5. The van der Waals surface area contributed by atoms with Gasteiger partial charge in [-0.25, -0.2) is 0 Å². The molecule has 0 aromatic carbocycles. The van der Waals surface area contributed by atoms with Gasteiger partial charge in [0, 0.05) is 0 Å². The third kappa shape index (κ3) is 27.7. The Morgan fingerprint density at radius 2 is 0.974 bits per heavy atom.